The normalized spacial score (nSPS) is 22.2. The average Bonchev–Trinajstić information content (AvgIpc) is 3.10. The van der Waals surface area contributed by atoms with Gasteiger partial charge in [-0.2, -0.15) is 0 Å². The summed E-state index contributed by atoms with van der Waals surface area (Å²) in [4.78, 5) is 12.2. The monoisotopic (exact) mass is 357 g/mol. The summed E-state index contributed by atoms with van der Waals surface area (Å²) in [6.07, 6.45) is 1.63. The highest BCUT2D eigenvalue weighted by molar-refractivity contribution is 5.74. The summed E-state index contributed by atoms with van der Waals surface area (Å²) >= 11 is 0. The molecular formula is C21H24FNO3. The maximum Gasteiger partial charge on any atom is 0.309 e. The van der Waals surface area contributed by atoms with Crippen molar-refractivity contribution in [3.63, 3.8) is 0 Å². The highest BCUT2D eigenvalue weighted by atomic mass is 19.1. The first-order chi connectivity index (χ1) is 12.6. The molecule has 0 saturated heterocycles. The van der Waals surface area contributed by atoms with Crippen LogP contribution in [0.2, 0.25) is 0 Å². The summed E-state index contributed by atoms with van der Waals surface area (Å²) in [5, 5.41) is 3.57. The van der Waals surface area contributed by atoms with Crippen LogP contribution >= 0.6 is 0 Å². The number of hydrogen-bond donors (Lipinski definition) is 1. The van der Waals surface area contributed by atoms with Gasteiger partial charge in [0.25, 0.3) is 0 Å². The van der Waals surface area contributed by atoms with Crippen molar-refractivity contribution in [2.75, 3.05) is 14.2 Å². The summed E-state index contributed by atoms with van der Waals surface area (Å²) in [6.45, 7) is 0.695. The first kappa shape index (κ1) is 18.4. The van der Waals surface area contributed by atoms with Crippen LogP contribution < -0.4 is 10.1 Å². The van der Waals surface area contributed by atoms with E-state index in [0.29, 0.717) is 6.54 Å². The molecule has 4 nitrogen and oxygen atoms in total. The third kappa shape index (κ3) is 4.05. The van der Waals surface area contributed by atoms with Crippen LogP contribution in [0.1, 0.15) is 29.9 Å². The highest BCUT2D eigenvalue weighted by Crippen LogP contribution is 2.40. The second kappa shape index (κ2) is 8.32. The number of halogens is 1. The molecule has 3 atom stereocenters. The van der Waals surface area contributed by atoms with Gasteiger partial charge in [0.05, 0.1) is 20.1 Å². The van der Waals surface area contributed by atoms with Gasteiger partial charge < -0.3 is 14.8 Å². The molecular weight excluding hydrogens is 333 g/mol. The average molecular weight is 357 g/mol. The van der Waals surface area contributed by atoms with Crippen LogP contribution in [0.5, 0.6) is 5.75 Å². The van der Waals surface area contributed by atoms with Crippen LogP contribution in [0, 0.1) is 11.7 Å². The van der Waals surface area contributed by atoms with Gasteiger partial charge in [-0.3, -0.25) is 4.79 Å². The Balaban J connectivity index is 1.75. The number of rotatable bonds is 6. The van der Waals surface area contributed by atoms with Crippen molar-refractivity contribution in [1.82, 2.24) is 5.32 Å². The molecule has 2 aromatic rings. The van der Waals surface area contributed by atoms with Crippen LogP contribution in [-0.4, -0.2) is 26.2 Å². The lowest BCUT2D eigenvalue weighted by atomic mass is 9.86. The van der Waals surface area contributed by atoms with Gasteiger partial charge in [0, 0.05) is 18.5 Å². The Morgan fingerprint density at radius 1 is 1.08 bits per heavy atom. The smallest absolute Gasteiger partial charge is 0.309 e. The highest BCUT2D eigenvalue weighted by Gasteiger charge is 2.41. The van der Waals surface area contributed by atoms with Crippen molar-refractivity contribution in [1.29, 1.82) is 0 Å². The van der Waals surface area contributed by atoms with Gasteiger partial charge in [-0.1, -0.05) is 24.3 Å². The second-order valence-electron chi connectivity index (χ2n) is 6.62. The van der Waals surface area contributed by atoms with E-state index in [9.17, 15) is 9.18 Å². The van der Waals surface area contributed by atoms with Crippen molar-refractivity contribution in [2.45, 2.75) is 31.3 Å². The standard InChI is InChI=1S/C21H24FNO3/c1-25-17-9-3-14(4-10-17)13-23-19-12-11-18(21(24)26-2)20(19)15-5-7-16(22)8-6-15/h3-10,18-20,23H,11-13H2,1-2H3/t18-,19-,20+/m1/s1. The van der Waals surface area contributed by atoms with Gasteiger partial charge in [-0.25, -0.2) is 4.39 Å². The molecule has 0 spiro atoms. The Morgan fingerprint density at radius 2 is 1.77 bits per heavy atom. The van der Waals surface area contributed by atoms with Crippen molar-refractivity contribution < 1.29 is 18.7 Å². The summed E-state index contributed by atoms with van der Waals surface area (Å²) < 4.78 is 23.5. The summed E-state index contributed by atoms with van der Waals surface area (Å²) in [6, 6.07) is 14.5. The molecule has 2 aromatic carbocycles. The first-order valence-corrected chi connectivity index (χ1v) is 8.82. The Hall–Kier alpha value is -2.40. The quantitative estimate of drug-likeness (QED) is 0.802. The molecule has 1 fully saturated rings. The fourth-order valence-corrected chi connectivity index (χ4v) is 3.79. The van der Waals surface area contributed by atoms with Gasteiger partial charge in [-0.15, -0.1) is 0 Å². The number of ether oxygens (including phenoxy) is 2. The third-order valence-corrected chi connectivity index (χ3v) is 5.14. The molecule has 3 rings (SSSR count). The van der Waals surface area contributed by atoms with Crippen LogP contribution in [0.4, 0.5) is 4.39 Å². The van der Waals surface area contributed by atoms with Crippen molar-refractivity contribution in [3.05, 3.63) is 65.5 Å². The van der Waals surface area contributed by atoms with Gasteiger partial charge in [-0.05, 0) is 48.2 Å². The fraction of sp³-hybridized carbons (Fsp3) is 0.381. The van der Waals surface area contributed by atoms with E-state index < -0.39 is 0 Å². The van der Waals surface area contributed by atoms with E-state index in [1.807, 2.05) is 24.3 Å². The molecule has 1 saturated carbocycles. The molecule has 0 radical (unpaired) electrons. The molecule has 0 amide bonds. The zero-order valence-electron chi connectivity index (χ0n) is 15.1. The van der Waals surface area contributed by atoms with E-state index in [0.717, 1.165) is 29.7 Å². The number of carbonyl (C=O) groups excluding carboxylic acids is 1. The molecule has 0 unspecified atom stereocenters. The SMILES string of the molecule is COC(=O)[C@@H]1CC[C@@H](NCc2ccc(OC)cc2)[C@H]1c1ccc(F)cc1. The topological polar surface area (TPSA) is 47.6 Å². The first-order valence-electron chi connectivity index (χ1n) is 8.82. The molecule has 26 heavy (non-hydrogen) atoms. The lowest BCUT2D eigenvalue weighted by molar-refractivity contribution is -0.145. The zero-order valence-corrected chi connectivity index (χ0v) is 15.1. The molecule has 5 heteroatoms. The van der Waals surface area contributed by atoms with E-state index in [4.69, 9.17) is 9.47 Å². The molecule has 0 bridgehead atoms. The van der Waals surface area contributed by atoms with E-state index in [-0.39, 0.29) is 29.7 Å². The van der Waals surface area contributed by atoms with E-state index in [1.54, 1.807) is 19.2 Å². The number of esters is 1. The second-order valence-corrected chi connectivity index (χ2v) is 6.62. The van der Waals surface area contributed by atoms with E-state index in [2.05, 4.69) is 5.32 Å². The lowest BCUT2D eigenvalue weighted by Gasteiger charge is -2.25. The van der Waals surface area contributed by atoms with E-state index >= 15 is 0 Å². The largest absolute Gasteiger partial charge is 0.497 e. The Labute approximate surface area is 153 Å². The number of nitrogens with one attached hydrogen (secondary N) is 1. The van der Waals surface area contributed by atoms with Gasteiger partial charge >= 0.3 is 5.97 Å². The van der Waals surface area contributed by atoms with Crippen LogP contribution in [0.15, 0.2) is 48.5 Å². The number of benzene rings is 2. The number of methoxy groups -OCH3 is 2. The maximum atomic E-state index is 13.3. The molecule has 0 aromatic heterocycles. The Bertz CT molecular complexity index is 730. The number of carbonyl (C=O) groups is 1. The van der Waals surface area contributed by atoms with Crippen LogP contribution in [-0.2, 0) is 16.1 Å². The predicted octanol–water partition coefficient (Wildman–Crippen LogP) is 3.66. The van der Waals surface area contributed by atoms with Crippen molar-refractivity contribution >= 4 is 5.97 Å². The lowest BCUT2D eigenvalue weighted by Crippen LogP contribution is -2.34. The molecule has 138 valence electrons. The minimum atomic E-state index is -0.274. The molecule has 1 aliphatic carbocycles. The van der Waals surface area contributed by atoms with Crippen molar-refractivity contribution in [2.24, 2.45) is 5.92 Å². The minimum absolute atomic E-state index is 0.0266. The molecule has 0 heterocycles. The van der Waals surface area contributed by atoms with Crippen molar-refractivity contribution in [3.8, 4) is 5.75 Å². The third-order valence-electron chi connectivity index (χ3n) is 5.14. The predicted molar refractivity (Wildman–Crippen MR) is 97.5 cm³/mol. The summed E-state index contributed by atoms with van der Waals surface area (Å²) in [7, 11) is 3.06. The summed E-state index contributed by atoms with van der Waals surface area (Å²) in [5.74, 6) is 0.113. The summed E-state index contributed by atoms with van der Waals surface area (Å²) in [5.41, 5.74) is 2.11. The van der Waals surface area contributed by atoms with Crippen LogP contribution in [0.25, 0.3) is 0 Å². The zero-order chi connectivity index (χ0) is 18.5. The Morgan fingerprint density at radius 3 is 2.38 bits per heavy atom. The van der Waals surface area contributed by atoms with Gasteiger partial charge in [0.1, 0.15) is 11.6 Å². The van der Waals surface area contributed by atoms with E-state index in [1.165, 1.54) is 19.2 Å². The van der Waals surface area contributed by atoms with Gasteiger partial charge in [0.2, 0.25) is 0 Å². The van der Waals surface area contributed by atoms with Crippen LogP contribution in [0.3, 0.4) is 0 Å². The minimum Gasteiger partial charge on any atom is -0.497 e. The molecule has 0 aliphatic heterocycles. The molecule has 1 aliphatic rings. The molecule has 1 N–H and O–H groups in total. The number of hydrogen-bond acceptors (Lipinski definition) is 4. The fourth-order valence-electron chi connectivity index (χ4n) is 3.79. The maximum absolute atomic E-state index is 13.3. The van der Waals surface area contributed by atoms with Gasteiger partial charge in [0.15, 0.2) is 0 Å². The Kier molecular flexibility index (Phi) is 5.89.